The smallest absolute Gasteiger partial charge is 0.311 e. The summed E-state index contributed by atoms with van der Waals surface area (Å²) in [5, 5.41) is 18.4. The lowest BCUT2D eigenvalue weighted by molar-refractivity contribution is -0.139. The molecule has 0 aliphatic heterocycles. The fraction of sp³-hybridized carbons (Fsp3) is 0.176. The Morgan fingerprint density at radius 3 is 2.71 bits per heavy atom. The number of carbonyl (C=O) groups excluding carboxylic acids is 1. The molecule has 0 radical (unpaired) electrons. The van der Waals surface area contributed by atoms with Gasteiger partial charge in [-0.15, -0.1) is 10.2 Å². The number of methoxy groups -OCH3 is 1. The molecule has 3 aromatic rings. The number of esters is 1. The van der Waals surface area contributed by atoms with Gasteiger partial charge < -0.3 is 9.84 Å². The molecule has 0 aliphatic carbocycles. The Morgan fingerprint density at radius 2 is 2.00 bits per heavy atom. The van der Waals surface area contributed by atoms with Crippen molar-refractivity contribution in [2.75, 3.05) is 7.11 Å². The van der Waals surface area contributed by atoms with Crippen molar-refractivity contribution < 1.29 is 14.6 Å². The molecular formula is C17H16N4O3. The Bertz CT molecular complexity index is 913. The first-order valence-corrected chi connectivity index (χ1v) is 7.32. The average Bonchev–Trinajstić information content (AvgIpc) is 2.93. The summed E-state index contributed by atoms with van der Waals surface area (Å²) in [4.78, 5) is 15.9. The molecule has 2 aromatic heterocycles. The van der Waals surface area contributed by atoms with Gasteiger partial charge in [-0.3, -0.25) is 9.20 Å². The summed E-state index contributed by atoms with van der Waals surface area (Å²) in [6.07, 6.45) is 1.65. The molecule has 24 heavy (non-hydrogen) atoms. The molecule has 3 rings (SSSR count). The van der Waals surface area contributed by atoms with Crippen molar-refractivity contribution >= 4 is 23.1 Å². The van der Waals surface area contributed by atoms with Gasteiger partial charge in [0.2, 0.25) is 0 Å². The van der Waals surface area contributed by atoms with Crippen LogP contribution in [-0.2, 0) is 16.0 Å². The number of aromatic nitrogens is 2. The summed E-state index contributed by atoms with van der Waals surface area (Å²) in [6, 6.07) is 10.7. The van der Waals surface area contributed by atoms with E-state index in [1.54, 1.807) is 16.7 Å². The predicted octanol–water partition coefficient (Wildman–Crippen LogP) is 3.48. The molecule has 0 amide bonds. The van der Waals surface area contributed by atoms with Crippen LogP contribution in [0.1, 0.15) is 11.3 Å². The van der Waals surface area contributed by atoms with E-state index < -0.39 is 5.97 Å². The van der Waals surface area contributed by atoms with Crippen LogP contribution in [0.15, 0.2) is 52.8 Å². The van der Waals surface area contributed by atoms with Crippen molar-refractivity contribution in [1.29, 1.82) is 0 Å². The second-order valence-electron chi connectivity index (χ2n) is 5.26. The Balaban J connectivity index is 2.06. The van der Waals surface area contributed by atoms with E-state index in [0.29, 0.717) is 22.8 Å². The van der Waals surface area contributed by atoms with E-state index in [4.69, 9.17) is 0 Å². The third-order valence-electron chi connectivity index (χ3n) is 3.51. The van der Waals surface area contributed by atoms with Crippen LogP contribution in [0, 0.1) is 6.92 Å². The van der Waals surface area contributed by atoms with E-state index in [1.807, 2.05) is 31.2 Å². The molecule has 1 N–H and O–H groups in total. The van der Waals surface area contributed by atoms with E-state index in [9.17, 15) is 9.90 Å². The van der Waals surface area contributed by atoms with Crippen LogP contribution in [0.4, 0.5) is 11.5 Å². The highest BCUT2D eigenvalue weighted by molar-refractivity contribution is 5.74. The van der Waals surface area contributed by atoms with Gasteiger partial charge in [-0.1, -0.05) is 17.7 Å². The van der Waals surface area contributed by atoms with Crippen LogP contribution in [0.5, 0.6) is 5.75 Å². The number of aryl methyl sites for hydroxylation is 1. The highest BCUT2D eigenvalue weighted by atomic mass is 16.5. The first-order chi connectivity index (χ1) is 11.6. The zero-order valence-corrected chi connectivity index (χ0v) is 13.3. The standard InChI is InChI=1S/C17H16N4O3/c1-11-5-7-12(8-6-11)19-20-16-13(10-15(23)24-2)18-17-14(22)4-3-9-21(16)17/h3-9,22H,10H2,1-2H3. The number of rotatable bonds is 4. The Kier molecular flexibility index (Phi) is 4.24. The number of hydrogen-bond acceptors (Lipinski definition) is 6. The number of fused-ring (bicyclic) bond motifs is 1. The molecule has 0 unspecified atom stereocenters. The van der Waals surface area contributed by atoms with E-state index in [2.05, 4.69) is 19.9 Å². The highest BCUT2D eigenvalue weighted by Crippen LogP contribution is 2.28. The molecule has 122 valence electrons. The topological polar surface area (TPSA) is 88.5 Å². The molecule has 0 saturated carbocycles. The van der Waals surface area contributed by atoms with Crippen LogP contribution < -0.4 is 0 Å². The molecular weight excluding hydrogens is 308 g/mol. The van der Waals surface area contributed by atoms with Gasteiger partial charge >= 0.3 is 5.97 Å². The number of ether oxygens (including phenoxy) is 1. The van der Waals surface area contributed by atoms with Gasteiger partial charge in [0.15, 0.2) is 17.2 Å². The Labute approximate surface area is 138 Å². The number of azo groups is 1. The number of imidazole rings is 1. The summed E-state index contributed by atoms with van der Waals surface area (Å²) < 4.78 is 6.28. The molecule has 2 heterocycles. The van der Waals surface area contributed by atoms with Crippen molar-refractivity contribution in [2.45, 2.75) is 13.3 Å². The molecule has 0 atom stereocenters. The predicted molar refractivity (Wildman–Crippen MR) is 87.9 cm³/mol. The van der Waals surface area contributed by atoms with Gasteiger partial charge in [0.05, 0.1) is 24.9 Å². The van der Waals surface area contributed by atoms with Crippen molar-refractivity contribution in [3.8, 4) is 5.75 Å². The van der Waals surface area contributed by atoms with Crippen LogP contribution in [0.25, 0.3) is 5.65 Å². The highest BCUT2D eigenvalue weighted by Gasteiger charge is 2.17. The lowest BCUT2D eigenvalue weighted by Gasteiger charge is -1.99. The number of nitrogens with zero attached hydrogens (tertiary/aromatic N) is 4. The Hall–Kier alpha value is -3.22. The summed E-state index contributed by atoms with van der Waals surface area (Å²) in [7, 11) is 1.31. The third-order valence-corrected chi connectivity index (χ3v) is 3.51. The minimum atomic E-state index is -0.440. The van der Waals surface area contributed by atoms with E-state index in [1.165, 1.54) is 13.2 Å². The number of pyridine rings is 1. The number of hydrogen-bond donors (Lipinski definition) is 1. The molecule has 0 fully saturated rings. The first kappa shape index (κ1) is 15.7. The maximum absolute atomic E-state index is 11.6. The molecule has 1 aromatic carbocycles. The normalized spacial score (nSPS) is 11.2. The maximum Gasteiger partial charge on any atom is 0.311 e. The third kappa shape index (κ3) is 3.10. The SMILES string of the molecule is COC(=O)Cc1nc2c(O)cccn2c1N=Nc1ccc(C)cc1. The van der Waals surface area contributed by atoms with E-state index in [-0.39, 0.29) is 12.2 Å². The van der Waals surface area contributed by atoms with Gasteiger partial charge in [-0.2, -0.15) is 0 Å². The number of benzene rings is 1. The summed E-state index contributed by atoms with van der Waals surface area (Å²) in [5.74, 6) is -0.0584. The van der Waals surface area contributed by atoms with Gasteiger partial charge in [0, 0.05) is 6.20 Å². The van der Waals surface area contributed by atoms with Crippen molar-refractivity contribution in [2.24, 2.45) is 10.2 Å². The monoisotopic (exact) mass is 324 g/mol. The number of carbonyl (C=O) groups is 1. The van der Waals surface area contributed by atoms with Gasteiger partial charge in [-0.25, -0.2) is 4.98 Å². The van der Waals surface area contributed by atoms with Gasteiger partial charge in [-0.05, 0) is 31.2 Å². The minimum absolute atomic E-state index is 0.000372. The van der Waals surface area contributed by atoms with Crippen LogP contribution in [0.3, 0.4) is 0 Å². The second kappa shape index (κ2) is 6.49. The quantitative estimate of drug-likeness (QED) is 0.588. The fourth-order valence-electron chi connectivity index (χ4n) is 2.24. The van der Waals surface area contributed by atoms with Crippen molar-refractivity contribution in [1.82, 2.24) is 9.38 Å². The molecule has 0 bridgehead atoms. The van der Waals surface area contributed by atoms with Crippen molar-refractivity contribution in [3.63, 3.8) is 0 Å². The van der Waals surface area contributed by atoms with Gasteiger partial charge in [0.25, 0.3) is 0 Å². The fourth-order valence-corrected chi connectivity index (χ4v) is 2.24. The lowest BCUT2D eigenvalue weighted by atomic mass is 10.2. The summed E-state index contributed by atoms with van der Waals surface area (Å²) in [6.45, 7) is 1.99. The zero-order valence-electron chi connectivity index (χ0n) is 13.3. The van der Waals surface area contributed by atoms with E-state index in [0.717, 1.165) is 5.56 Å². The molecule has 0 spiro atoms. The molecule has 7 nitrogen and oxygen atoms in total. The maximum atomic E-state index is 11.6. The molecule has 7 heteroatoms. The zero-order chi connectivity index (χ0) is 17.1. The first-order valence-electron chi connectivity index (χ1n) is 7.32. The average molecular weight is 324 g/mol. The van der Waals surface area contributed by atoms with Gasteiger partial charge in [0.1, 0.15) is 0 Å². The van der Waals surface area contributed by atoms with Crippen LogP contribution >= 0.6 is 0 Å². The summed E-state index contributed by atoms with van der Waals surface area (Å²) >= 11 is 0. The Morgan fingerprint density at radius 1 is 1.25 bits per heavy atom. The minimum Gasteiger partial charge on any atom is -0.504 e. The van der Waals surface area contributed by atoms with E-state index >= 15 is 0 Å². The molecule has 0 saturated heterocycles. The summed E-state index contributed by atoms with van der Waals surface area (Å²) in [5.41, 5.74) is 2.51. The largest absolute Gasteiger partial charge is 0.504 e. The molecule has 0 aliphatic rings. The lowest BCUT2D eigenvalue weighted by Crippen LogP contribution is -2.04. The van der Waals surface area contributed by atoms with Crippen molar-refractivity contribution in [3.05, 3.63) is 53.9 Å². The van der Waals surface area contributed by atoms with Crippen LogP contribution in [0.2, 0.25) is 0 Å². The van der Waals surface area contributed by atoms with Crippen LogP contribution in [-0.4, -0.2) is 27.6 Å². The number of aromatic hydroxyl groups is 1. The second-order valence-corrected chi connectivity index (χ2v) is 5.26.